The molecule has 3 heteroatoms. The molecule has 19 heavy (non-hydrogen) atoms. The summed E-state index contributed by atoms with van der Waals surface area (Å²) in [6.45, 7) is 2.08. The maximum atomic E-state index is 6.30. The van der Waals surface area contributed by atoms with Gasteiger partial charge < -0.3 is 5.73 Å². The summed E-state index contributed by atoms with van der Waals surface area (Å²) in [7, 11) is 0. The molecule has 1 fully saturated rings. The zero-order chi connectivity index (χ0) is 13.2. The molecule has 1 aliphatic carbocycles. The Morgan fingerprint density at radius 1 is 1.21 bits per heavy atom. The molecule has 0 radical (unpaired) electrons. The second-order valence-corrected chi connectivity index (χ2v) is 5.65. The first-order valence-electron chi connectivity index (χ1n) is 7.05. The van der Waals surface area contributed by atoms with Gasteiger partial charge in [0.15, 0.2) is 0 Å². The van der Waals surface area contributed by atoms with Gasteiger partial charge in [0.1, 0.15) is 0 Å². The predicted octanol–water partition coefficient (Wildman–Crippen LogP) is 3.03. The second-order valence-electron chi connectivity index (χ2n) is 5.65. The molecule has 1 saturated carbocycles. The molecule has 2 N–H and O–H groups in total. The molecule has 1 aliphatic rings. The fraction of sp³-hybridized carbons (Fsp3) is 0.438. The highest BCUT2D eigenvalue weighted by Gasteiger charge is 2.30. The molecule has 3 unspecified atom stereocenters. The van der Waals surface area contributed by atoms with E-state index in [1.54, 1.807) is 0 Å². The van der Waals surface area contributed by atoms with E-state index in [0.717, 1.165) is 12.8 Å². The molecule has 0 spiro atoms. The summed E-state index contributed by atoms with van der Waals surface area (Å²) in [5, 5.41) is 4.45. The molecule has 0 aliphatic heterocycles. The fourth-order valence-corrected chi connectivity index (χ4v) is 3.12. The van der Waals surface area contributed by atoms with E-state index in [-0.39, 0.29) is 6.04 Å². The van der Waals surface area contributed by atoms with Gasteiger partial charge in [-0.15, -0.1) is 0 Å². The van der Waals surface area contributed by atoms with Crippen molar-refractivity contribution in [3.05, 3.63) is 53.9 Å². The van der Waals surface area contributed by atoms with Crippen molar-refractivity contribution < 1.29 is 0 Å². The largest absolute Gasteiger partial charge is 0.326 e. The minimum Gasteiger partial charge on any atom is -0.326 e. The highest BCUT2D eigenvalue weighted by Crippen LogP contribution is 2.37. The van der Waals surface area contributed by atoms with Crippen molar-refractivity contribution in [2.24, 2.45) is 5.73 Å². The molecule has 2 aromatic rings. The van der Waals surface area contributed by atoms with Crippen LogP contribution in [0.5, 0.6) is 0 Å². The van der Waals surface area contributed by atoms with Crippen LogP contribution in [-0.2, 0) is 0 Å². The van der Waals surface area contributed by atoms with Crippen LogP contribution in [0.2, 0.25) is 0 Å². The van der Waals surface area contributed by atoms with Crippen molar-refractivity contribution in [3.8, 4) is 0 Å². The summed E-state index contributed by atoms with van der Waals surface area (Å²) in [5.41, 5.74) is 8.94. The minimum atomic E-state index is 0.222. The molecule has 3 atom stereocenters. The van der Waals surface area contributed by atoms with Gasteiger partial charge in [-0.3, -0.25) is 4.68 Å². The molecule has 3 nitrogen and oxygen atoms in total. The SMILES string of the molecule is Cc1cnn(C2CC(c3ccccc3)CCC2N)c1. The molecular formula is C16H21N3. The first kappa shape index (κ1) is 12.4. The van der Waals surface area contributed by atoms with Crippen molar-refractivity contribution in [2.75, 3.05) is 0 Å². The van der Waals surface area contributed by atoms with Gasteiger partial charge in [0, 0.05) is 12.2 Å². The van der Waals surface area contributed by atoms with E-state index in [0.29, 0.717) is 12.0 Å². The summed E-state index contributed by atoms with van der Waals surface area (Å²) in [4.78, 5) is 0. The molecule has 1 aromatic carbocycles. The van der Waals surface area contributed by atoms with E-state index in [4.69, 9.17) is 5.73 Å². The van der Waals surface area contributed by atoms with Crippen molar-refractivity contribution in [1.82, 2.24) is 9.78 Å². The average Bonchev–Trinajstić information content (AvgIpc) is 2.87. The van der Waals surface area contributed by atoms with Gasteiger partial charge in [-0.1, -0.05) is 30.3 Å². The normalized spacial score (nSPS) is 27.4. The molecular weight excluding hydrogens is 234 g/mol. The van der Waals surface area contributed by atoms with Gasteiger partial charge in [0.25, 0.3) is 0 Å². The van der Waals surface area contributed by atoms with Crippen molar-refractivity contribution >= 4 is 0 Å². The van der Waals surface area contributed by atoms with E-state index in [2.05, 4.69) is 53.2 Å². The van der Waals surface area contributed by atoms with Crippen molar-refractivity contribution in [2.45, 2.75) is 44.2 Å². The van der Waals surface area contributed by atoms with Crippen LogP contribution in [0.15, 0.2) is 42.7 Å². The minimum absolute atomic E-state index is 0.222. The first-order chi connectivity index (χ1) is 9.24. The lowest BCUT2D eigenvalue weighted by atomic mass is 9.79. The van der Waals surface area contributed by atoms with E-state index in [1.165, 1.54) is 17.5 Å². The highest BCUT2D eigenvalue weighted by molar-refractivity contribution is 5.20. The molecule has 100 valence electrons. The Bertz CT molecular complexity index is 532. The summed E-state index contributed by atoms with van der Waals surface area (Å²) in [6, 6.07) is 11.3. The number of hydrogen-bond donors (Lipinski definition) is 1. The van der Waals surface area contributed by atoms with Crippen LogP contribution in [0.3, 0.4) is 0 Å². The van der Waals surface area contributed by atoms with Crippen LogP contribution in [0.4, 0.5) is 0 Å². The molecule has 1 heterocycles. The van der Waals surface area contributed by atoms with Gasteiger partial charge >= 0.3 is 0 Å². The maximum absolute atomic E-state index is 6.30. The topological polar surface area (TPSA) is 43.8 Å². The van der Waals surface area contributed by atoms with Crippen LogP contribution in [0.1, 0.15) is 42.3 Å². The summed E-state index contributed by atoms with van der Waals surface area (Å²) in [5.74, 6) is 0.607. The number of rotatable bonds is 2. The Morgan fingerprint density at radius 2 is 2.00 bits per heavy atom. The number of benzene rings is 1. The Kier molecular flexibility index (Phi) is 3.38. The van der Waals surface area contributed by atoms with Crippen LogP contribution in [0, 0.1) is 6.92 Å². The molecule has 0 bridgehead atoms. The quantitative estimate of drug-likeness (QED) is 0.896. The van der Waals surface area contributed by atoms with E-state index < -0.39 is 0 Å². The second kappa shape index (κ2) is 5.17. The Morgan fingerprint density at radius 3 is 2.68 bits per heavy atom. The average molecular weight is 255 g/mol. The number of nitrogens with zero attached hydrogens (tertiary/aromatic N) is 2. The lowest BCUT2D eigenvalue weighted by molar-refractivity contribution is 0.261. The van der Waals surface area contributed by atoms with Gasteiger partial charge in [-0.25, -0.2) is 0 Å². The molecule has 3 rings (SSSR count). The fourth-order valence-electron chi connectivity index (χ4n) is 3.12. The summed E-state index contributed by atoms with van der Waals surface area (Å²) >= 11 is 0. The number of aromatic nitrogens is 2. The van der Waals surface area contributed by atoms with Crippen LogP contribution in [0.25, 0.3) is 0 Å². The zero-order valence-corrected chi connectivity index (χ0v) is 11.4. The van der Waals surface area contributed by atoms with Gasteiger partial charge in [-0.05, 0) is 43.2 Å². The summed E-state index contributed by atoms with van der Waals surface area (Å²) in [6.07, 6.45) is 7.37. The van der Waals surface area contributed by atoms with Crippen LogP contribution < -0.4 is 5.73 Å². The Hall–Kier alpha value is -1.61. The van der Waals surface area contributed by atoms with Crippen molar-refractivity contribution in [3.63, 3.8) is 0 Å². The predicted molar refractivity (Wildman–Crippen MR) is 77.0 cm³/mol. The lowest BCUT2D eigenvalue weighted by Crippen LogP contribution is -2.37. The van der Waals surface area contributed by atoms with Gasteiger partial charge in [0.2, 0.25) is 0 Å². The monoisotopic (exact) mass is 255 g/mol. The Labute approximate surface area is 114 Å². The lowest BCUT2D eigenvalue weighted by Gasteiger charge is -2.34. The van der Waals surface area contributed by atoms with Gasteiger partial charge in [0.05, 0.1) is 12.2 Å². The third kappa shape index (κ3) is 2.56. The van der Waals surface area contributed by atoms with Gasteiger partial charge in [-0.2, -0.15) is 5.10 Å². The maximum Gasteiger partial charge on any atom is 0.0675 e. The standard InChI is InChI=1S/C16H21N3/c1-12-10-18-19(11-12)16-9-14(7-8-15(16)17)13-5-3-2-4-6-13/h2-6,10-11,14-16H,7-9,17H2,1H3. The van der Waals surface area contributed by atoms with Crippen LogP contribution in [-0.4, -0.2) is 15.8 Å². The van der Waals surface area contributed by atoms with Crippen molar-refractivity contribution in [1.29, 1.82) is 0 Å². The highest BCUT2D eigenvalue weighted by atomic mass is 15.3. The van der Waals surface area contributed by atoms with E-state index in [1.807, 2.05) is 6.20 Å². The molecule has 0 amide bonds. The molecule has 0 saturated heterocycles. The zero-order valence-electron chi connectivity index (χ0n) is 11.4. The third-order valence-corrected chi connectivity index (χ3v) is 4.21. The molecule has 1 aromatic heterocycles. The third-order valence-electron chi connectivity index (χ3n) is 4.21. The number of nitrogens with two attached hydrogens (primary N) is 1. The smallest absolute Gasteiger partial charge is 0.0675 e. The van der Waals surface area contributed by atoms with E-state index >= 15 is 0 Å². The van der Waals surface area contributed by atoms with E-state index in [9.17, 15) is 0 Å². The number of aryl methyl sites for hydroxylation is 1. The first-order valence-corrected chi connectivity index (χ1v) is 7.05. The Balaban J connectivity index is 1.81. The van der Waals surface area contributed by atoms with Crippen LogP contribution >= 0.6 is 0 Å². The summed E-state index contributed by atoms with van der Waals surface area (Å²) < 4.78 is 2.06. The number of hydrogen-bond acceptors (Lipinski definition) is 2.